The molecule has 1 aromatic rings. The van der Waals surface area contributed by atoms with Crippen LogP contribution in [0, 0.1) is 6.92 Å². The van der Waals surface area contributed by atoms with Gasteiger partial charge in [-0.25, -0.2) is 9.97 Å². The Bertz CT molecular complexity index is 355. The topological polar surface area (TPSA) is 58.1 Å². The maximum Gasteiger partial charge on any atom is 0.257 e. The van der Waals surface area contributed by atoms with Crippen LogP contribution in [0.3, 0.4) is 0 Å². The smallest absolute Gasteiger partial charge is 0.257 e. The van der Waals surface area contributed by atoms with Gasteiger partial charge >= 0.3 is 0 Å². The van der Waals surface area contributed by atoms with E-state index in [-0.39, 0.29) is 5.91 Å². The van der Waals surface area contributed by atoms with Gasteiger partial charge in [-0.1, -0.05) is 0 Å². The molecule has 2 rings (SSSR count). The summed E-state index contributed by atoms with van der Waals surface area (Å²) in [5.41, 5.74) is 0.576. The molecule has 1 fully saturated rings. The van der Waals surface area contributed by atoms with Crippen LogP contribution in [-0.2, 0) is 0 Å². The standard InChI is InChI=1S/C11H16N4O/c1-9-13-7-10(8-14-9)11(16)15-5-2-3-12-4-6-15/h7-8,12H,2-6H2,1H3. The first kappa shape index (κ1) is 11.0. The van der Waals surface area contributed by atoms with Crippen molar-refractivity contribution in [2.24, 2.45) is 0 Å². The van der Waals surface area contributed by atoms with Crippen molar-refractivity contribution in [1.82, 2.24) is 20.2 Å². The lowest BCUT2D eigenvalue weighted by molar-refractivity contribution is 0.0765. The summed E-state index contributed by atoms with van der Waals surface area (Å²) in [5.74, 6) is 0.720. The molecule has 0 bridgehead atoms. The number of nitrogens with zero attached hydrogens (tertiary/aromatic N) is 3. The van der Waals surface area contributed by atoms with Crippen LogP contribution in [0.2, 0.25) is 0 Å². The second-order valence-electron chi connectivity index (χ2n) is 3.91. The Morgan fingerprint density at radius 3 is 2.81 bits per heavy atom. The number of rotatable bonds is 1. The van der Waals surface area contributed by atoms with E-state index in [1.807, 2.05) is 11.8 Å². The number of hydrogen-bond donors (Lipinski definition) is 1. The van der Waals surface area contributed by atoms with E-state index in [0.29, 0.717) is 11.4 Å². The Kier molecular flexibility index (Phi) is 3.46. The third kappa shape index (κ3) is 2.55. The van der Waals surface area contributed by atoms with E-state index < -0.39 is 0 Å². The van der Waals surface area contributed by atoms with Crippen molar-refractivity contribution in [2.45, 2.75) is 13.3 Å². The summed E-state index contributed by atoms with van der Waals surface area (Å²) >= 11 is 0. The Balaban J connectivity index is 2.08. The zero-order chi connectivity index (χ0) is 11.4. The predicted molar refractivity (Wildman–Crippen MR) is 60.2 cm³/mol. The summed E-state index contributed by atoms with van der Waals surface area (Å²) in [6, 6.07) is 0. The van der Waals surface area contributed by atoms with Gasteiger partial charge in [-0.05, 0) is 19.9 Å². The molecule has 0 saturated carbocycles. The van der Waals surface area contributed by atoms with Crippen LogP contribution in [0.1, 0.15) is 22.6 Å². The Morgan fingerprint density at radius 1 is 1.31 bits per heavy atom. The molecule has 2 heterocycles. The number of aromatic nitrogens is 2. The second-order valence-corrected chi connectivity index (χ2v) is 3.91. The molecular formula is C11H16N4O. The lowest BCUT2D eigenvalue weighted by Gasteiger charge is -2.19. The van der Waals surface area contributed by atoms with E-state index in [1.165, 1.54) is 0 Å². The molecule has 1 aliphatic rings. The first-order valence-corrected chi connectivity index (χ1v) is 5.56. The molecule has 1 amide bonds. The van der Waals surface area contributed by atoms with Crippen LogP contribution < -0.4 is 5.32 Å². The van der Waals surface area contributed by atoms with Crippen LogP contribution in [0.5, 0.6) is 0 Å². The third-order valence-corrected chi connectivity index (χ3v) is 2.66. The van der Waals surface area contributed by atoms with Crippen LogP contribution >= 0.6 is 0 Å². The maximum atomic E-state index is 12.1. The highest BCUT2D eigenvalue weighted by molar-refractivity contribution is 5.93. The number of aryl methyl sites for hydroxylation is 1. The summed E-state index contributed by atoms with van der Waals surface area (Å²) in [4.78, 5) is 22.0. The molecule has 5 nitrogen and oxygen atoms in total. The summed E-state index contributed by atoms with van der Waals surface area (Å²) < 4.78 is 0. The average molecular weight is 220 g/mol. The van der Waals surface area contributed by atoms with E-state index in [4.69, 9.17) is 0 Å². The normalized spacial score (nSPS) is 16.9. The zero-order valence-corrected chi connectivity index (χ0v) is 9.44. The minimum atomic E-state index is 0.0312. The van der Waals surface area contributed by atoms with Crippen LogP contribution in [0.4, 0.5) is 0 Å². The molecule has 0 atom stereocenters. The first-order chi connectivity index (χ1) is 7.77. The summed E-state index contributed by atoms with van der Waals surface area (Å²) in [6.07, 6.45) is 4.20. The largest absolute Gasteiger partial charge is 0.337 e. The van der Waals surface area contributed by atoms with Crippen LogP contribution in [-0.4, -0.2) is 47.0 Å². The highest BCUT2D eigenvalue weighted by Crippen LogP contribution is 2.04. The van der Waals surface area contributed by atoms with E-state index in [9.17, 15) is 4.79 Å². The quantitative estimate of drug-likeness (QED) is 0.735. The van der Waals surface area contributed by atoms with Crippen LogP contribution in [0.25, 0.3) is 0 Å². The van der Waals surface area contributed by atoms with Crippen molar-refractivity contribution in [2.75, 3.05) is 26.2 Å². The van der Waals surface area contributed by atoms with Gasteiger partial charge in [0, 0.05) is 32.0 Å². The maximum absolute atomic E-state index is 12.1. The Labute approximate surface area is 94.9 Å². The van der Waals surface area contributed by atoms with Gasteiger partial charge < -0.3 is 10.2 Å². The third-order valence-electron chi connectivity index (χ3n) is 2.66. The molecule has 1 aliphatic heterocycles. The summed E-state index contributed by atoms with van der Waals surface area (Å²) in [5, 5.41) is 3.27. The minimum Gasteiger partial charge on any atom is -0.337 e. The van der Waals surface area contributed by atoms with E-state index in [0.717, 1.165) is 32.6 Å². The molecule has 0 radical (unpaired) electrons. The summed E-state index contributed by atoms with van der Waals surface area (Å²) in [6.45, 7) is 5.21. The van der Waals surface area contributed by atoms with Gasteiger partial charge in [0.2, 0.25) is 0 Å². The number of carbonyl (C=O) groups excluding carboxylic acids is 1. The van der Waals surface area contributed by atoms with E-state index in [1.54, 1.807) is 12.4 Å². The van der Waals surface area contributed by atoms with Crippen molar-refractivity contribution in [3.8, 4) is 0 Å². The van der Waals surface area contributed by atoms with Crippen molar-refractivity contribution in [3.63, 3.8) is 0 Å². The SMILES string of the molecule is Cc1ncc(C(=O)N2CCCNCC2)cn1. The van der Waals surface area contributed by atoms with Crippen molar-refractivity contribution >= 4 is 5.91 Å². The molecule has 1 saturated heterocycles. The lowest BCUT2D eigenvalue weighted by Crippen LogP contribution is -2.34. The number of carbonyl (C=O) groups is 1. The average Bonchev–Trinajstić information content (AvgIpc) is 2.57. The molecule has 1 aromatic heterocycles. The second kappa shape index (κ2) is 5.03. The van der Waals surface area contributed by atoms with Gasteiger partial charge in [0.05, 0.1) is 5.56 Å². The van der Waals surface area contributed by atoms with Gasteiger partial charge in [0.25, 0.3) is 5.91 Å². The molecule has 16 heavy (non-hydrogen) atoms. The predicted octanol–water partition coefficient (Wildman–Crippen LogP) is 0.221. The van der Waals surface area contributed by atoms with Gasteiger partial charge in [-0.15, -0.1) is 0 Å². The fourth-order valence-electron chi connectivity index (χ4n) is 1.73. The molecule has 1 N–H and O–H groups in total. The lowest BCUT2D eigenvalue weighted by atomic mass is 10.2. The van der Waals surface area contributed by atoms with E-state index in [2.05, 4.69) is 15.3 Å². The molecule has 86 valence electrons. The van der Waals surface area contributed by atoms with Gasteiger partial charge in [-0.3, -0.25) is 4.79 Å². The van der Waals surface area contributed by atoms with Gasteiger partial charge in [0.1, 0.15) is 5.82 Å². The molecule has 0 aliphatic carbocycles. The highest BCUT2D eigenvalue weighted by atomic mass is 16.2. The first-order valence-electron chi connectivity index (χ1n) is 5.56. The van der Waals surface area contributed by atoms with E-state index >= 15 is 0 Å². The highest BCUT2D eigenvalue weighted by Gasteiger charge is 2.17. The molecular weight excluding hydrogens is 204 g/mol. The molecule has 0 unspecified atom stereocenters. The van der Waals surface area contributed by atoms with Crippen molar-refractivity contribution in [1.29, 1.82) is 0 Å². The molecule has 5 heteroatoms. The summed E-state index contributed by atoms with van der Waals surface area (Å²) in [7, 11) is 0. The molecule has 0 spiro atoms. The minimum absolute atomic E-state index is 0.0312. The molecule has 0 aromatic carbocycles. The zero-order valence-electron chi connectivity index (χ0n) is 9.44. The van der Waals surface area contributed by atoms with Gasteiger partial charge in [0.15, 0.2) is 0 Å². The number of amides is 1. The fraction of sp³-hybridized carbons (Fsp3) is 0.545. The Morgan fingerprint density at radius 2 is 2.06 bits per heavy atom. The number of nitrogens with one attached hydrogen (secondary N) is 1. The fourth-order valence-corrected chi connectivity index (χ4v) is 1.73. The van der Waals surface area contributed by atoms with Crippen molar-refractivity contribution < 1.29 is 4.79 Å². The van der Waals surface area contributed by atoms with Gasteiger partial charge in [-0.2, -0.15) is 0 Å². The number of hydrogen-bond acceptors (Lipinski definition) is 4. The monoisotopic (exact) mass is 220 g/mol. The van der Waals surface area contributed by atoms with Crippen molar-refractivity contribution in [3.05, 3.63) is 23.8 Å². The van der Waals surface area contributed by atoms with Crippen LogP contribution in [0.15, 0.2) is 12.4 Å². The Hall–Kier alpha value is -1.49.